The molecule has 1 aromatic heterocycles. The average Bonchev–Trinajstić information content (AvgIpc) is 2.32. The van der Waals surface area contributed by atoms with Gasteiger partial charge in [0.25, 0.3) is 0 Å². The largest absolute Gasteiger partial charge is 0.394 e. The van der Waals surface area contributed by atoms with Crippen molar-refractivity contribution in [3.05, 3.63) is 23.5 Å². The number of nitrogens with zero attached hydrogens (tertiary/aromatic N) is 1. The van der Waals surface area contributed by atoms with Crippen molar-refractivity contribution >= 4 is 35.0 Å². The minimum Gasteiger partial charge on any atom is -0.394 e. The summed E-state index contributed by atoms with van der Waals surface area (Å²) >= 11 is 7.00. The summed E-state index contributed by atoms with van der Waals surface area (Å²) in [6.45, 7) is -0.303. The maximum Gasteiger partial charge on any atom is 0.234 e. The SMILES string of the molecule is O=C(CSCC(O)CO)Nc1cccnc1Cl. The highest BCUT2D eigenvalue weighted by Crippen LogP contribution is 2.17. The quantitative estimate of drug-likeness (QED) is 0.668. The first-order valence-electron chi connectivity index (χ1n) is 4.90. The number of rotatable bonds is 6. The van der Waals surface area contributed by atoms with Crippen molar-refractivity contribution in [2.45, 2.75) is 6.10 Å². The molecule has 0 aliphatic rings. The highest BCUT2D eigenvalue weighted by Gasteiger charge is 2.08. The third-order valence-electron chi connectivity index (χ3n) is 1.79. The molecule has 7 heteroatoms. The number of hydrogen-bond acceptors (Lipinski definition) is 5. The normalized spacial score (nSPS) is 12.2. The molecule has 1 rings (SSSR count). The van der Waals surface area contributed by atoms with Crippen LogP contribution in [0.2, 0.25) is 5.15 Å². The number of aromatic nitrogens is 1. The van der Waals surface area contributed by atoms with Gasteiger partial charge in [0.2, 0.25) is 5.91 Å². The number of amides is 1. The van der Waals surface area contributed by atoms with E-state index in [1.807, 2.05) is 0 Å². The monoisotopic (exact) mass is 276 g/mol. The van der Waals surface area contributed by atoms with Crippen molar-refractivity contribution in [2.24, 2.45) is 0 Å². The van der Waals surface area contributed by atoms with E-state index in [0.717, 1.165) is 0 Å². The van der Waals surface area contributed by atoms with Gasteiger partial charge in [0.05, 0.1) is 24.2 Å². The molecule has 0 fully saturated rings. The van der Waals surface area contributed by atoms with Crippen molar-refractivity contribution < 1.29 is 15.0 Å². The highest BCUT2D eigenvalue weighted by molar-refractivity contribution is 8.00. The fourth-order valence-electron chi connectivity index (χ4n) is 1.01. The molecular formula is C10H13ClN2O3S. The first kappa shape index (κ1) is 14.2. The summed E-state index contributed by atoms with van der Waals surface area (Å²) in [6.07, 6.45) is 0.736. The van der Waals surface area contributed by atoms with E-state index in [2.05, 4.69) is 10.3 Å². The number of aliphatic hydroxyl groups is 2. The van der Waals surface area contributed by atoms with Gasteiger partial charge in [0.15, 0.2) is 5.15 Å². The van der Waals surface area contributed by atoms with Gasteiger partial charge in [-0.1, -0.05) is 11.6 Å². The van der Waals surface area contributed by atoms with Crippen LogP contribution in [0.5, 0.6) is 0 Å². The van der Waals surface area contributed by atoms with Gasteiger partial charge in [-0.05, 0) is 12.1 Å². The van der Waals surface area contributed by atoms with Gasteiger partial charge in [-0.2, -0.15) is 0 Å². The summed E-state index contributed by atoms with van der Waals surface area (Å²) in [5.41, 5.74) is 0.461. The van der Waals surface area contributed by atoms with E-state index in [-0.39, 0.29) is 23.4 Å². The Morgan fingerprint density at radius 3 is 3.06 bits per heavy atom. The van der Waals surface area contributed by atoms with E-state index in [4.69, 9.17) is 21.8 Å². The molecule has 17 heavy (non-hydrogen) atoms. The van der Waals surface area contributed by atoms with Crippen LogP contribution in [0.15, 0.2) is 18.3 Å². The molecule has 0 spiro atoms. The summed E-state index contributed by atoms with van der Waals surface area (Å²) in [6, 6.07) is 3.32. The second-order valence-electron chi connectivity index (χ2n) is 3.24. The van der Waals surface area contributed by atoms with E-state index in [1.54, 1.807) is 12.1 Å². The van der Waals surface area contributed by atoms with Crippen LogP contribution in [0.4, 0.5) is 5.69 Å². The number of halogens is 1. The Morgan fingerprint density at radius 2 is 2.41 bits per heavy atom. The van der Waals surface area contributed by atoms with Gasteiger partial charge >= 0.3 is 0 Å². The minimum absolute atomic E-state index is 0.183. The Bertz CT molecular complexity index is 378. The molecule has 1 aromatic rings. The molecule has 94 valence electrons. The van der Waals surface area contributed by atoms with Gasteiger partial charge in [-0.3, -0.25) is 4.79 Å². The molecule has 5 nitrogen and oxygen atoms in total. The molecule has 1 amide bonds. The number of nitrogens with one attached hydrogen (secondary N) is 1. The van der Waals surface area contributed by atoms with Gasteiger partial charge in [0.1, 0.15) is 0 Å². The number of hydrogen-bond donors (Lipinski definition) is 3. The van der Waals surface area contributed by atoms with Crippen molar-refractivity contribution in [3.8, 4) is 0 Å². The molecule has 0 aromatic carbocycles. The number of aliphatic hydroxyl groups excluding tert-OH is 2. The highest BCUT2D eigenvalue weighted by atomic mass is 35.5. The lowest BCUT2D eigenvalue weighted by Gasteiger charge is -2.07. The second kappa shape index (κ2) is 7.50. The maximum absolute atomic E-state index is 11.5. The van der Waals surface area contributed by atoms with Crippen LogP contribution >= 0.6 is 23.4 Å². The first-order valence-corrected chi connectivity index (χ1v) is 6.43. The van der Waals surface area contributed by atoms with E-state index in [1.165, 1.54) is 18.0 Å². The van der Waals surface area contributed by atoms with E-state index >= 15 is 0 Å². The number of thioether (sulfide) groups is 1. The number of carbonyl (C=O) groups excluding carboxylic acids is 1. The Morgan fingerprint density at radius 1 is 1.65 bits per heavy atom. The molecule has 0 saturated carbocycles. The third-order valence-corrected chi connectivity index (χ3v) is 3.18. The van der Waals surface area contributed by atoms with Crippen molar-refractivity contribution in [1.29, 1.82) is 0 Å². The Kier molecular flexibility index (Phi) is 6.28. The van der Waals surface area contributed by atoms with Gasteiger partial charge in [0, 0.05) is 11.9 Å². The molecule has 0 aliphatic heterocycles. The first-order chi connectivity index (χ1) is 8.13. The molecule has 1 atom stereocenters. The zero-order valence-corrected chi connectivity index (χ0v) is 10.5. The Balaban J connectivity index is 2.33. The van der Waals surface area contributed by atoms with Crippen molar-refractivity contribution in [3.63, 3.8) is 0 Å². The van der Waals surface area contributed by atoms with Gasteiger partial charge < -0.3 is 15.5 Å². The Labute approximate surface area is 108 Å². The lowest BCUT2D eigenvalue weighted by Crippen LogP contribution is -2.19. The number of pyridine rings is 1. The van der Waals surface area contributed by atoms with Crippen molar-refractivity contribution in [2.75, 3.05) is 23.4 Å². The molecule has 1 heterocycles. The predicted molar refractivity (Wildman–Crippen MR) is 68.3 cm³/mol. The van der Waals surface area contributed by atoms with Crippen LogP contribution in [-0.4, -0.2) is 45.3 Å². The fraction of sp³-hybridized carbons (Fsp3) is 0.400. The Hall–Kier alpha value is -0.820. The van der Waals surface area contributed by atoms with E-state index < -0.39 is 6.10 Å². The smallest absolute Gasteiger partial charge is 0.234 e. The molecule has 0 saturated heterocycles. The van der Waals surface area contributed by atoms with E-state index in [9.17, 15) is 4.79 Å². The summed E-state index contributed by atoms with van der Waals surface area (Å²) < 4.78 is 0. The molecule has 1 unspecified atom stereocenters. The summed E-state index contributed by atoms with van der Waals surface area (Å²) in [5.74, 6) is 0.266. The minimum atomic E-state index is -0.797. The lowest BCUT2D eigenvalue weighted by atomic mass is 10.4. The standard InChI is InChI=1S/C10H13ClN2O3S/c11-10-8(2-1-3-12-10)13-9(16)6-17-5-7(15)4-14/h1-3,7,14-15H,4-6H2,(H,13,16). The van der Waals surface area contributed by atoms with Crippen LogP contribution in [0.1, 0.15) is 0 Å². The molecule has 3 N–H and O–H groups in total. The number of carbonyl (C=O) groups is 1. The lowest BCUT2D eigenvalue weighted by molar-refractivity contribution is -0.113. The zero-order valence-electron chi connectivity index (χ0n) is 8.97. The second-order valence-corrected chi connectivity index (χ2v) is 4.63. The molecular weight excluding hydrogens is 264 g/mol. The average molecular weight is 277 g/mol. The maximum atomic E-state index is 11.5. The summed E-state index contributed by atoms with van der Waals surface area (Å²) in [7, 11) is 0. The zero-order chi connectivity index (χ0) is 12.7. The summed E-state index contributed by atoms with van der Waals surface area (Å²) in [4.78, 5) is 15.3. The van der Waals surface area contributed by atoms with Crippen LogP contribution < -0.4 is 5.32 Å². The topological polar surface area (TPSA) is 82.5 Å². The van der Waals surface area contributed by atoms with Crippen LogP contribution in [-0.2, 0) is 4.79 Å². The van der Waals surface area contributed by atoms with E-state index in [0.29, 0.717) is 11.4 Å². The molecule has 0 bridgehead atoms. The number of anilines is 1. The molecule has 0 radical (unpaired) electrons. The third kappa shape index (κ3) is 5.36. The fourth-order valence-corrected chi connectivity index (χ4v) is 1.93. The van der Waals surface area contributed by atoms with Crippen LogP contribution in [0, 0.1) is 0 Å². The van der Waals surface area contributed by atoms with Crippen LogP contribution in [0.3, 0.4) is 0 Å². The van der Waals surface area contributed by atoms with Crippen LogP contribution in [0.25, 0.3) is 0 Å². The summed E-state index contributed by atoms with van der Waals surface area (Å²) in [5, 5.41) is 20.5. The predicted octanol–water partition coefficient (Wildman–Crippen LogP) is 0.760. The van der Waals surface area contributed by atoms with Gasteiger partial charge in [-0.25, -0.2) is 4.98 Å². The molecule has 0 aliphatic carbocycles. The van der Waals surface area contributed by atoms with Gasteiger partial charge in [-0.15, -0.1) is 11.8 Å². The van der Waals surface area contributed by atoms with Crippen molar-refractivity contribution in [1.82, 2.24) is 4.98 Å².